The molecule has 0 unspecified atom stereocenters. The smallest absolute Gasteiger partial charge is 0.267 e. The van der Waals surface area contributed by atoms with Crippen LogP contribution in [0.25, 0.3) is 21.3 Å². The molecule has 0 fully saturated rings. The Morgan fingerprint density at radius 2 is 2.12 bits per heavy atom. The van der Waals surface area contributed by atoms with Gasteiger partial charge < -0.3 is 0 Å². The first-order chi connectivity index (χ1) is 12.2. The largest absolute Gasteiger partial charge is 0.283 e. The van der Waals surface area contributed by atoms with Crippen LogP contribution in [0.1, 0.15) is 24.1 Å². The first kappa shape index (κ1) is 16.0. The van der Waals surface area contributed by atoms with Crippen molar-refractivity contribution in [2.75, 3.05) is 0 Å². The summed E-state index contributed by atoms with van der Waals surface area (Å²) < 4.78 is 1.37. The van der Waals surface area contributed by atoms with Crippen LogP contribution in [0, 0.1) is 12.8 Å². The Kier molecular flexibility index (Phi) is 4.32. The van der Waals surface area contributed by atoms with Gasteiger partial charge in [-0.1, -0.05) is 42.5 Å². The Labute approximate surface area is 150 Å². The molecule has 1 aliphatic carbocycles. The summed E-state index contributed by atoms with van der Waals surface area (Å²) in [6.45, 7) is 2.04. The lowest BCUT2D eigenvalue weighted by Gasteiger charge is -2.11. The average molecular weight is 349 g/mol. The van der Waals surface area contributed by atoms with E-state index in [-0.39, 0.29) is 5.56 Å². The van der Waals surface area contributed by atoms with Gasteiger partial charge in [0.05, 0.1) is 5.39 Å². The minimum absolute atomic E-state index is 0.101. The van der Waals surface area contributed by atoms with E-state index >= 15 is 0 Å². The molecular formula is C20H19N3OS. The van der Waals surface area contributed by atoms with E-state index < -0.39 is 0 Å². The molecule has 4 nitrogen and oxygen atoms in total. The molecule has 1 aromatic carbocycles. The Morgan fingerprint density at radius 3 is 2.88 bits per heavy atom. The fraction of sp³-hybridized carbons (Fsp3) is 0.250. The second-order valence-corrected chi connectivity index (χ2v) is 7.49. The highest BCUT2D eigenvalue weighted by atomic mass is 32.1. The van der Waals surface area contributed by atoms with Crippen LogP contribution in [0.15, 0.2) is 58.7 Å². The quantitative estimate of drug-likeness (QED) is 0.511. The molecule has 0 saturated heterocycles. The van der Waals surface area contributed by atoms with Crippen LogP contribution in [0.5, 0.6) is 0 Å². The van der Waals surface area contributed by atoms with Crippen LogP contribution in [-0.2, 0) is 0 Å². The molecule has 0 radical (unpaired) electrons. The minimum atomic E-state index is -0.101. The van der Waals surface area contributed by atoms with Crippen LogP contribution in [0.4, 0.5) is 0 Å². The van der Waals surface area contributed by atoms with Gasteiger partial charge in [0.25, 0.3) is 5.56 Å². The van der Waals surface area contributed by atoms with Gasteiger partial charge in [-0.25, -0.2) is 4.98 Å². The zero-order chi connectivity index (χ0) is 17.2. The van der Waals surface area contributed by atoms with Crippen molar-refractivity contribution in [3.63, 3.8) is 0 Å². The Morgan fingerprint density at radius 1 is 1.28 bits per heavy atom. The molecular weight excluding hydrogens is 330 g/mol. The van der Waals surface area contributed by atoms with Crippen molar-refractivity contribution in [3.8, 4) is 11.1 Å². The van der Waals surface area contributed by atoms with E-state index in [9.17, 15) is 4.79 Å². The molecule has 0 aliphatic heterocycles. The number of allylic oxidation sites excluding steroid dienone is 2. The lowest BCUT2D eigenvalue weighted by Crippen LogP contribution is -2.18. The standard InChI is InChI=1S/C20H19N3OS/c1-14-17(16-10-6-3-7-11-16)18-19(25-14)21-13-23(20(18)24)22-12-15-8-4-2-5-9-15/h2-4,6-7,10-13,15H,5,8-9H2,1H3/b22-12-/t15-/m1/s1. The third kappa shape index (κ3) is 3.07. The number of aryl methyl sites for hydroxylation is 1. The van der Waals surface area contributed by atoms with Crippen molar-refractivity contribution >= 4 is 27.8 Å². The lowest BCUT2D eigenvalue weighted by molar-refractivity contribution is 0.620. The molecule has 1 aliphatic rings. The topological polar surface area (TPSA) is 47.2 Å². The summed E-state index contributed by atoms with van der Waals surface area (Å²) in [4.78, 5) is 19.4. The molecule has 2 heterocycles. The minimum Gasteiger partial charge on any atom is -0.267 e. The monoisotopic (exact) mass is 349 g/mol. The summed E-state index contributed by atoms with van der Waals surface area (Å²) in [7, 11) is 0. The highest BCUT2D eigenvalue weighted by Crippen LogP contribution is 2.35. The van der Waals surface area contributed by atoms with Crippen LogP contribution in [0.2, 0.25) is 0 Å². The molecule has 0 bridgehead atoms. The van der Waals surface area contributed by atoms with E-state index in [0.717, 1.165) is 40.1 Å². The maximum Gasteiger partial charge on any atom is 0.283 e. The van der Waals surface area contributed by atoms with E-state index in [1.807, 2.05) is 43.5 Å². The van der Waals surface area contributed by atoms with Crippen molar-refractivity contribution in [3.05, 3.63) is 64.0 Å². The van der Waals surface area contributed by atoms with Crippen LogP contribution in [-0.4, -0.2) is 15.9 Å². The van der Waals surface area contributed by atoms with Gasteiger partial charge in [0.15, 0.2) is 0 Å². The summed E-state index contributed by atoms with van der Waals surface area (Å²) >= 11 is 1.56. The maximum absolute atomic E-state index is 13.0. The molecule has 0 saturated carbocycles. The highest BCUT2D eigenvalue weighted by molar-refractivity contribution is 7.19. The lowest BCUT2D eigenvalue weighted by atomic mass is 9.96. The zero-order valence-corrected chi connectivity index (χ0v) is 14.9. The summed E-state index contributed by atoms with van der Waals surface area (Å²) in [5.41, 5.74) is 1.92. The summed E-state index contributed by atoms with van der Waals surface area (Å²) in [6.07, 6.45) is 10.9. The summed E-state index contributed by atoms with van der Waals surface area (Å²) in [6, 6.07) is 10.0. The van der Waals surface area contributed by atoms with Gasteiger partial charge in [0.1, 0.15) is 11.2 Å². The van der Waals surface area contributed by atoms with Crippen molar-refractivity contribution in [2.24, 2.45) is 11.0 Å². The van der Waals surface area contributed by atoms with E-state index in [1.165, 1.54) is 11.0 Å². The van der Waals surface area contributed by atoms with E-state index in [2.05, 4.69) is 22.2 Å². The van der Waals surface area contributed by atoms with E-state index in [4.69, 9.17) is 0 Å². The fourth-order valence-corrected chi connectivity index (χ4v) is 4.25. The SMILES string of the molecule is Cc1sc2ncn(/N=C\[C@@H]3CC=CCC3)c(=O)c2c1-c1ccccc1. The van der Waals surface area contributed by atoms with E-state index in [0.29, 0.717) is 11.3 Å². The van der Waals surface area contributed by atoms with Gasteiger partial charge in [0, 0.05) is 16.7 Å². The van der Waals surface area contributed by atoms with Gasteiger partial charge in [-0.15, -0.1) is 11.3 Å². The van der Waals surface area contributed by atoms with Gasteiger partial charge in [-0.05, 0) is 37.7 Å². The molecule has 126 valence electrons. The molecule has 4 rings (SSSR count). The molecule has 2 aromatic heterocycles. The number of hydrogen-bond donors (Lipinski definition) is 0. The fourth-order valence-electron chi connectivity index (χ4n) is 3.25. The second-order valence-electron chi connectivity index (χ2n) is 6.28. The number of thiophene rings is 1. The molecule has 5 heteroatoms. The van der Waals surface area contributed by atoms with Crippen molar-refractivity contribution in [2.45, 2.75) is 26.2 Å². The molecule has 0 N–H and O–H groups in total. The molecule has 0 spiro atoms. The average Bonchev–Trinajstić information content (AvgIpc) is 2.99. The molecule has 0 amide bonds. The number of aromatic nitrogens is 2. The third-order valence-electron chi connectivity index (χ3n) is 4.55. The second kappa shape index (κ2) is 6.76. The van der Waals surface area contributed by atoms with Gasteiger partial charge in [0.2, 0.25) is 0 Å². The van der Waals surface area contributed by atoms with Gasteiger partial charge >= 0.3 is 0 Å². The first-order valence-electron chi connectivity index (χ1n) is 8.49. The van der Waals surface area contributed by atoms with Crippen LogP contribution < -0.4 is 5.56 Å². The van der Waals surface area contributed by atoms with Crippen LogP contribution >= 0.6 is 11.3 Å². The van der Waals surface area contributed by atoms with Gasteiger partial charge in [-0.3, -0.25) is 4.79 Å². The normalized spacial score (nSPS) is 17.6. The number of fused-ring (bicyclic) bond motifs is 1. The molecule has 1 atom stereocenters. The highest BCUT2D eigenvalue weighted by Gasteiger charge is 2.16. The predicted molar refractivity (Wildman–Crippen MR) is 104 cm³/mol. The summed E-state index contributed by atoms with van der Waals surface area (Å²) in [5.74, 6) is 0.394. The van der Waals surface area contributed by atoms with Crippen molar-refractivity contribution in [1.82, 2.24) is 9.66 Å². The number of hydrogen-bond acceptors (Lipinski definition) is 4. The maximum atomic E-state index is 13.0. The van der Waals surface area contributed by atoms with Crippen LogP contribution in [0.3, 0.4) is 0 Å². The number of nitrogens with zero attached hydrogens (tertiary/aromatic N) is 3. The Hall–Kier alpha value is -2.53. The first-order valence-corrected chi connectivity index (χ1v) is 9.31. The predicted octanol–water partition coefficient (Wildman–Crippen LogP) is 4.62. The number of rotatable bonds is 3. The number of benzene rings is 1. The molecule has 3 aromatic rings. The molecule has 25 heavy (non-hydrogen) atoms. The van der Waals surface area contributed by atoms with E-state index in [1.54, 1.807) is 11.3 Å². The van der Waals surface area contributed by atoms with Gasteiger partial charge in [-0.2, -0.15) is 9.78 Å². The Bertz CT molecular complexity index is 1010. The van der Waals surface area contributed by atoms with Crippen molar-refractivity contribution < 1.29 is 0 Å². The zero-order valence-electron chi connectivity index (χ0n) is 14.1. The Balaban J connectivity index is 1.81. The van der Waals surface area contributed by atoms with Crippen molar-refractivity contribution in [1.29, 1.82) is 0 Å². The third-order valence-corrected chi connectivity index (χ3v) is 5.56. The summed E-state index contributed by atoms with van der Waals surface area (Å²) in [5, 5.41) is 5.07.